The van der Waals surface area contributed by atoms with Gasteiger partial charge in [-0.1, -0.05) is 18.5 Å². The molecule has 11 heteroatoms. The maximum Gasteiger partial charge on any atom is 0.255 e. The van der Waals surface area contributed by atoms with Crippen LogP contribution in [0.3, 0.4) is 0 Å². The van der Waals surface area contributed by atoms with Gasteiger partial charge in [0.2, 0.25) is 0 Å². The highest BCUT2D eigenvalue weighted by atomic mass is 35.5. The van der Waals surface area contributed by atoms with E-state index in [-0.39, 0.29) is 58.4 Å². The number of halogens is 4. The second kappa shape index (κ2) is 10.6. The van der Waals surface area contributed by atoms with Gasteiger partial charge < -0.3 is 15.5 Å². The first-order chi connectivity index (χ1) is 17.4. The SMILES string of the molecule is CC(CO)CCC1(O)C2CCC1CC(S(=O)(=O)c1cc(C(=O)Nc3cc(F)c(F)c(F)c3)ccc1Cl)C2. The summed E-state index contributed by atoms with van der Waals surface area (Å²) in [7, 11) is -3.99. The summed E-state index contributed by atoms with van der Waals surface area (Å²) >= 11 is 6.24. The highest BCUT2D eigenvalue weighted by Gasteiger charge is 2.55. The number of benzene rings is 2. The molecule has 0 aliphatic heterocycles. The molecular formula is C26H29ClF3NO5S. The fraction of sp³-hybridized carbons (Fsp3) is 0.500. The molecule has 4 rings (SSSR count). The van der Waals surface area contributed by atoms with E-state index >= 15 is 0 Å². The van der Waals surface area contributed by atoms with E-state index in [1.807, 2.05) is 6.92 Å². The van der Waals surface area contributed by atoms with E-state index in [0.29, 0.717) is 37.8 Å². The van der Waals surface area contributed by atoms with Crippen molar-refractivity contribution in [2.45, 2.75) is 61.2 Å². The van der Waals surface area contributed by atoms with E-state index in [4.69, 9.17) is 11.6 Å². The Kier molecular flexibility index (Phi) is 7.95. The van der Waals surface area contributed by atoms with Crippen molar-refractivity contribution in [3.63, 3.8) is 0 Å². The zero-order valence-corrected chi connectivity index (χ0v) is 21.8. The molecule has 3 unspecified atom stereocenters. The van der Waals surface area contributed by atoms with Crippen LogP contribution in [0.15, 0.2) is 35.2 Å². The average molecular weight is 560 g/mol. The standard InChI is InChI=1S/C26H29ClF3NO5S/c1-14(13-32)6-7-26(34)16-3-4-17(26)10-19(9-16)37(35,36)23-8-15(2-5-20(23)27)25(33)31-18-11-21(28)24(30)22(29)12-18/h2,5,8,11-12,14,16-17,19,32,34H,3-4,6-7,9-10,13H2,1H3,(H,31,33). The van der Waals surface area contributed by atoms with Gasteiger partial charge in [-0.05, 0) is 74.5 Å². The molecule has 2 aromatic rings. The molecule has 2 saturated carbocycles. The smallest absolute Gasteiger partial charge is 0.255 e. The molecule has 1 amide bonds. The van der Waals surface area contributed by atoms with Crippen LogP contribution >= 0.6 is 11.6 Å². The summed E-state index contributed by atoms with van der Waals surface area (Å²) in [6, 6.07) is 4.89. The first-order valence-corrected chi connectivity index (χ1v) is 14.1. The lowest BCUT2D eigenvalue weighted by Crippen LogP contribution is -2.48. The van der Waals surface area contributed by atoms with E-state index in [2.05, 4.69) is 5.32 Å². The number of hydrogen-bond donors (Lipinski definition) is 3. The molecule has 0 heterocycles. The van der Waals surface area contributed by atoms with Crippen molar-refractivity contribution in [2.75, 3.05) is 11.9 Å². The van der Waals surface area contributed by atoms with Gasteiger partial charge in [-0.2, -0.15) is 0 Å². The third-order valence-corrected chi connectivity index (χ3v) is 10.6. The fourth-order valence-electron chi connectivity index (χ4n) is 5.71. The first kappa shape index (κ1) is 27.9. The molecule has 0 radical (unpaired) electrons. The van der Waals surface area contributed by atoms with Gasteiger partial charge in [0.05, 0.1) is 20.8 Å². The van der Waals surface area contributed by atoms with Crippen LogP contribution < -0.4 is 5.32 Å². The predicted molar refractivity (Wildman–Crippen MR) is 133 cm³/mol. The van der Waals surface area contributed by atoms with Crippen molar-refractivity contribution < 1.29 is 36.6 Å². The third-order valence-electron chi connectivity index (χ3n) is 7.90. The second-order valence-electron chi connectivity index (χ2n) is 10.3. The molecule has 0 spiro atoms. The normalized spacial score (nSPS) is 26.2. The van der Waals surface area contributed by atoms with Crippen LogP contribution in [0.4, 0.5) is 18.9 Å². The number of sulfone groups is 1. The zero-order valence-electron chi connectivity index (χ0n) is 20.2. The zero-order chi connectivity index (χ0) is 27.1. The molecule has 2 fully saturated rings. The maximum absolute atomic E-state index is 13.6. The Labute approximate surface area is 218 Å². The number of aliphatic hydroxyl groups excluding tert-OH is 1. The van der Waals surface area contributed by atoms with Crippen LogP contribution in [0.25, 0.3) is 0 Å². The number of rotatable bonds is 8. The molecule has 2 aromatic carbocycles. The summed E-state index contributed by atoms with van der Waals surface area (Å²) in [4.78, 5) is 12.5. The predicted octanol–water partition coefficient (Wildman–Crippen LogP) is 5.11. The highest BCUT2D eigenvalue weighted by molar-refractivity contribution is 7.92. The van der Waals surface area contributed by atoms with Crippen molar-refractivity contribution in [3.8, 4) is 0 Å². The number of fused-ring (bicyclic) bond motifs is 2. The molecule has 6 nitrogen and oxygen atoms in total. The number of carbonyl (C=O) groups excluding carboxylic acids is 1. The Balaban J connectivity index is 1.54. The maximum atomic E-state index is 13.6. The summed E-state index contributed by atoms with van der Waals surface area (Å²) in [5, 5.41) is 22.1. The molecule has 2 aliphatic rings. The van der Waals surface area contributed by atoms with Crippen molar-refractivity contribution >= 4 is 33.0 Å². The minimum Gasteiger partial charge on any atom is -0.396 e. The summed E-state index contributed by atoms with van der Waals surface area (Å²) in [6.07, 6.45) is 3.07. The molecule has 37 heavy (non-hydrogen) atoms. The van der Waals surface area contributed by atoms with E-state index in [1.165, 1.54) is 12.1 Å². The van der Waals surface area contributed by atoms with Crippen molar-refractivity contribution in [3.05, 3.63) is 58.4 Å². The van der Waals surface area contributed by atoms with E-state index in [1.54, 1.807) is 0 Å². The van der Waals surface area contributed by atoms with Crippen LogP contribution in [-0.4, -0.2) is 42.0 Å². The molecule has 202 valence electrons. The monoisotopic (exact) mass is 559 g/mol. The Morgan fingerprint density at radius 1 is 1.14 bits per heavy atom. The number of hydrogen-bond acceptors (Lipinski definition) is 5. The minimum atomic E-state index is -3.99. The van der Waals surface area contributed by atoms with Crippen LogP contribution in [0.5, 0.6) is 0 Å². The number of nitrogens with one attached hydrogen (secondary N) is 1. The Morgan fingerprint density at radius 3 is 2.30 bits per heavy atom. The topological polar surface area (TPSA) is 104 Å². The van der Waals surface area contributed by atoms with Gasteiger partial charge in [-0.15, -0.1) is 0 Å². The lowest BCUT2D eigenvalue weighted by Gasteiger charge is -2.43. The van der Waals surface area contributed by atoms with Crippen LogP contribution in [0.2, 0.25) is 5.02 Å². The molecule has 0 saturated heterocycles. The molecule has 3 N–H and O–H groups in total. The van der Waals surface area contributed by atoms with E-state index in [0.717, 1.165) is 6.07 Å². The fourth-order valence-corrected chi connectivity index (χ4v) is 8.12. The van der Waals surface area contributed by atoms with Gasteiger partial charge in [0.1, 0.15) is 0 Å². The second-order valence-corrected chi connectivity index (χ2v) is 12.9. The number of anilines is 1. The van der Waals surface area contributed by atoms with E-state index in [9.17, 15) is 36.6 Å². The Morgan fingerprint density at radius 2 is 1.73 bits per heavy atom. The lowest BCUT2D eigenvalue weighted by molar-refractivity contribution is -0.0692. The van der Waals surface area contributed by atoms with Gasteiger partial charge in [0.15, 0.2) is 27.3 Å². The van der Waals surface area contributed by atoms with Crippen LogP contribution in [0, 0.1) is 35.2 Å². The first-order valence-electron chi connectivity index (χ1n) is 12.2. The van der Waals surface area contributed by atoms with Crippen molar-refractivity contribution in [1.82, 2.24) is 0 Å². The van der Waals surface area contributed by atoms with Gasteiger partial charge >= 0.3 is 0 Å². The molecule has 0 aromatic heterocycles. The molecule has 3 atom stereocenters. The summed E-state index contributed by atoms with van der Waals surface area (Å²) in [6.45, 7) is 1.92. The highest BCUT2D eigenvalue weighted by Crippen LogP contribution is 2.54. The lowest BCUT2D eigenvalue weighted by atomic mass is 9.71. The molecule has 2 bridgehead atoms. The van der Waals surface area contributed by atoms with Crippen molar-refractivity contribution in [1.29, 1.82) is 0 Å². The number of carbonyl (C=O) groups is 1. The van der Waals surface area contributed by atoms with Gasteiger partial charge in [-0.3, -0.25) is 4.79 Å². The summed E-state index contributed by atoms with van der Waals surface area (Å²) in [5.74, 6) is -5.85. The Bertz CT molecular complexity index is 1270. The quantitative estimate of drug-likeness (QED) is 0.390. The average Bonchev–Trinajstić information content (AvgIpc) is 3.01. The molecular weight excluding hydrogens is 531 g/mol. The summed E-state index contributed by atoms with van der Waals surface area (Å²) in [5.41, 5.74) is -1.42. The minimum absolute atomic E-state index is 0.0237. The van der Waals surface area contributed by atoms with Crippen LogP contribution in [0.1, 0.15) is 55.8 Å². The van der Waals surface area contributed by atoms with Crippen molar-refractivity contribution in [2.24, 2.45) is 17.8 Å². The van der Waals surface area contributed by atoms with Gasteiger partial charge in [0, 0.05) is 30.0 Å². The molecule has 2 aliphatic carbocycles. The van der Waals surface area contributed by atoms with Gasteiger partial charge in [-0.25, -0.2) is 21.6 Å². The third kappa shape index (κ3) is 5.39. The number of amides is 1. The van der Waals surface area contributed by atoms with Crippen LogP contribution in [-0.2, 0) is 9.84 Å². The van der Waals surface area contributed by atoms with E-state index < -0.39 is 44.0 Å². The largest absolute Gasteiger partial charge is 0.396 e. The van der Waals surface area contributed by atoms with Gasteiger partial charge in [0.25, 0.3) is 5.91 Å². The Hall–Kier alpha value is -2.14. The summed E-state index contributed by atoms with van der Waals surface area (Å²) < 4.78 is 67.5. The number of aliphatic hydroxyl groups is 2.